The van der Waals surface area contributed by atoms with E-state index in [2.05, 4.69) is 27.1 Å². The second kappa shape index (κ2) is 6.78. The molecule has 0 aliphatic rings. The van der Waals surface area contributed by atoms with Gasteiger partial charge in [-0.15, -0.1) is 6.58 Å². The van der Waals surface area contributed by atoms with Crippen LogP contribution in [0.2, 0.25) is 5.02 Å². The second-order valence-electron chi connectivity index (χ2n) is 5.25. The number of H-pyrrole nitrogens is 1. The van der Waals surface area contributed by atoms with E-state index in [0.29, 0.717) is 17.5 Å². The van der Waals surface area contributed by atoms with E-state index in [9.17, 15) is 9.59 Å². The van der Waals surface area contributed by atoms with Crippen molar-refractivity contribution in [1.82, 2.24) is 19.1 Å². The summed E-state index contributed by atoms with van der Waals surface area (Å²) in [5.41, 5.74) is 3.13. The molecule has 0 saturated carbocycles. The van der Waals surface area contributed by atoms with Crippen molar-refractivity contribution < 1.29 is 0 Å². The first-order chi connectivity index (χ1) is 12.0. The average Bonchev–Trinajstić information content (AvgIpc) is 2.94. The van der Waals surface area contributed by atoms with E-state index in [1.165, 1.54) is 11.6 Å². The highest BCUT2D eigenvalue weighted by Crippen LogP contribution is 2.15. The number of benzene rings is 1. The normalized spacial score (nSPS) is 11.3. The van der Waals surface area contributed by atoms with Gasteiger partial charge >= 0.3 is 5.69 Å². The van der Waals surface area contributed by atoms with Crippen LogP contribution in [0.15, 0.2) is 51.6 Å². The second-order valence-corrected chi connectivity index (χ2v) is 5.68. The van der Waals surface area contributed by atoms with Gasteiger partial charge in [0.05, 0.1) is 6.21 Å². The van der Waals surface area contributed by atoms with Gasteiger partial charge in [-0.25, -0.2) is 10.2 Å². The Morgan fingerprint density at radius 3 is 2.76 bits per heavy atom. The number of nitrogens with zero attached hydrogens (tertiary/aromatic N) is 4. The molecule has 1 aromatic carbocycles. The summed E-state index contributed by atoms with van der Waals surface area (Å²) in [4.78, 5) is 30.4. The molecular formula is C16H15ClN6O2. The molecule has 25 heavy (non-hydrogen) atoms. The van der Waals surface area contributed by atoms with Crippen LogP contribution < -0.4 is 16.7 Å². The predicted octanol–water partition coefficient (Wildman–Crippen LogP) is 1.71. The highest BCUT2D eigenvalue weighted by Gasteiger charge is 2.16. The van der Waals surface area contributed by atoms with E-state index in [1.54, 1.807) is 29.0 Å². The van der Waals surface area contributed by atoms with Gasteiger partial charge in [0, 0.05) is 18.6 Å². The third kappa shape index (κ3) is 3.24. The minimum Gasteiger partial charge on any atom is -0.299 e. The van der Waals surface area contributed by atoms with Crippen molar-refractivity contribution in [1.29, 1.82) is 0 Å². The fourth-order valence-corrected chi connectivity index (χ4v) is 2.47. The van der Waals surface area contributed by atoms with Gasteiger partial charge in [-0.2, -0.15) is 10.1 Å². The molecule has 128 valence electrons. The summed E-state index contributed by atoms with van der Waals surface area (Å²) in [6.07, 6.45) is 3.22. The molecule has 0 amide bonds. The Morgan fingerprint density at radius 2 is 2.08 bits per heavy atom. The van der Waals surface area contributed by atoms with Gasteiger partial charge in [-0.3, -0.25) is 18.9 Å². The van der Waals surface area contributed by atoms with Crippen LogP contribution in [-0.2, 0) is 13.6 Å². The van der Waals surface area contributed by atoms with Crippen LogP contribution in [0, 0.1) is 0 Å². The highest BCUT2D eigenvalue weighted by atomic mass is 35.5. The van der Waals surface area contributed by atoms with Gasteiger partial charge < -0.3 is 0 Å². The van der Waals surface area contributed by atoms with Crippen LogP contribution in [0.5, 0.6) is 0 Å². The summed E-state index contributed by atoms with van der Waals surface area (Å²) in [7, 11) is 1.53. The minimum atomic E-state index is -0.531. The number of imidazole rings is 1. The fourth-order valence-electron chi connectivity index (χ4n) is 2.34. The van der Waals surface area contributed by atoms with E-state index in [1.807, 2.05) is 12.1 Å². The van der Waals surface area contributed by atoms with Crippen molar-refractivity contribution >= 4 is 34.9 Å². The highest BCUT2D eigenvalue weighted by molar-refractivity contribution is 6.30. The Morgan fingerprint density at radius 1 is 1.36 bits per heavy atom. The molecule has 2 N–H and O–H groups in total. The maximum absolute atomic E-state index is 12.1. The number of hydrazone groups is 1. The molecule has 0 saturated heterocycles. The molecule has 2 heterocycles. The van der Waals surface area contributed by atoms with Gasteiger partial charge in [0.25, 0.3) is 5.56 Å². The Kier molecular flexibility index (Phi) is 4.53. The smallest absolute Gasteiger partial charge is 0.299 e. The molecule has 0 aliphatic carbocycles. The molecular weight excluding hydrogens is 344 g/mol. The first-order valence-electron chi connectivity index (χ1n) is 7.36. The third-order valence-corrected chi connectivity index (χ3v) is 3.82. The number of halogens is 1. The summed E-state index contributed by atoms with van der Waals surface area (Å²) < 4.78 is 2.87. The standard InChI is InChI=1S/C16H15ClN6O2/c1-3-8-23-12-13(22(2)16(25)20-14(12)24)19-15(23)21-18-9-10-4-6-11(17)7-5-10/h3-7,9H,1,8H2,2H3,(H,19,21)(H,20,24,25)/b18-9+. The molecule has 0 atom stereocenters. The quantitative estimate of drug-likeness (QED) is 0.412. The Hall–Kier alpha value is -3.13. The zero-order valence-corrected chi connectivity index (χ0v) is 14.1. The van der Waals surface area contributed by atoms with Crippen molar-refractivity contribution in [3.8, 4) is 0 Å². The van der Waals surface area contributed by atoms with Crippen LogP contribution in [0.1, 0.15) is 5.56 Å². The number of nitrogens with one attached hydrogen (secondary N) is 2. The zero-order chi connectivity index (χ0) is 18.0. The van der Waals surface area contributed by atoms with Gasteiger partial charge in [0.1, 0.15) is 0 Å². The summed E-state index contributed by atoms with van der Waals surface area (Å²) in [6.45, 7) is 4.01. The molecule has 9 heteroatoms. The van der Waals surface area contributed by atoms with Crippen molar-refractivity contribution in [2.75, 3.05) is 5.43 Å². The van der Waals surface area contributed by atoms with E-state index >= 15 is 0 Å². The molecule has 0 spiro atoms. The molecule has 0 aliphatic heterocycles. The number of allylic oxidation sites excluding steroid dienone is 1. The average molecular weight is 359 g/mol. The Labute approximate surface area is 147 Å². The first kappa shape index (κ1) is 16.7. The number of aryl methyl sites for hydroxylation is 1. The largest absolute Gasteiger partial charge is 0.329 e. The summed E-state index contributed by atoms with van der Waals surface area (Å²) in [5, 5.41) is 4.76. The molecule has 0 fully saturated rings. The number of hydrogen-bond acceptors (Lipinski definition) is 5. The van der Waals surface area contributed by atoms with Crippen molar-refractivity contribution in [3.63, 3.8) is 0 Å². The van der Waals surface area contributed by atoms with Crippen molar-refractivity contribution in [2.24, 2.45) is 12.1 Å². The Balaban J connectivity index is 2.02. The van der Waals surface area contributed by atoms with Crippen LogP contribution >= 0.6 is 11.6 Å². The van der Waals surface area contributed by atoms with Gasteiger partial charge in [0.15, 0.2) is 11.2 Å². The van der Waals surface area contributed by atoms with Crippen LogP contribution in [0.3, 0.4) is 0 Å². The lowest BCUT2D eigenvalue weighted by Crippen LogP contribution is -2.29. The van der Waals surface area contributed by atoms with Crippen LogP contribution in [0.4, 0.5) is 5.95 Å². The maximum Gasteiger partial charge on any atom is 0.329 e. The Bertz CT molecular complexity index is 1070. The molecule has 0 unspecified atom stereocenters. The van der Waals surface area contributed by atoms with Crippen LogP contribution in [-0.4, -0.2) is 25.3 Å². The van der Waals surface area contributed by atoms with Crippen molar-refractivity contribution in [3.05, 3.63) is 68.3 Å². The van der Waals surface area contributed by atoms with Crippen LogP contribution in [0.25, 0.3) is 11.2 Å². The molecule has 3 aromatic rings. The van der Waals surface area contributed by atoms with E-state index in [4.69, 9.17) is 11.6 Å². The lowest BCUT2D eigenvalue weighted by Gasteiger charge is -2.04. The molecule has 3 rings (SSSR count). The molecule has 8 nitrogen and oxygen atoms in total. The lowest BCUT2D eigenvalue weighted by atomic mass is 10.2. The minimum absolute atomic E-state index is 0.264. The molecule has 0 radical (unpaired) electrons. The van der Waals surface area contributed by atoms with Gasteiger partial charge in [-0.1, -0.05) is 29.8 Å². The van der Waals surface area contributed by atoms with E-state index in [-0.39, 0.29) is 11.2 Å². The molecule has 0 bridgehead atoms. The monoisotopic (exact) mass is 358 g/mol. The number of aromatic amines is 1. The fraction of sp³-hybridized carbons (Fsp3) is 0.125. The SMILES string of the molecule is C=CCn1c(N/N=C/c2ccc(Cl)cc2)nc2c1c(=O)[nH]c(=O)n2C. The number of hydrogen-bond donors (Lipinski definition) is 2. The third-order valence-electron chi connectivity index (χ3n) is 3.57. The maximum atomic E-state index is 12.1. The molecule has 2 aromatic heterocycles. The topological polar surface area (TPSA) is 97.1 Å². The van der Waals surface area contributed by atoms with Crippen molar-refractivity contribution in [2.45, 2.75) is 6.54 Å². The number of anilines is 1. The van der Waals surface area contributed by atoms with Gasteiger partial charge in [-0.05, 0) is 17.7 Å². The predicted molar refractivity (Wildman–Crippen MR) is 98.5 cm³/mol. The summed E-state index contributed by atoms with van der Waals surface area (Å²) in [6, 6.07) is 7.14. The summed E-state index contributed by atoms with van der Waals surface area (Å²) >= 11 is 5.84. The van der Waals surface area contributed by atoms with E-state index in [0.717, 1.165) is 5.56 Å². The lowest BCUT2D eigenvalue weighted by molar-refractivity contribution is 0.819. The number of rotatable bonds is 5. The number of fused-ring (bicyclic) bond motifs is 1. The van der Waals surface area contributed by atoms with Gasteiger partial charge in [0.2, 0.25) is 5.95 Å². The first-order valence-corrected chi connectivity index (χ1v) is 7.74. The summed E-state index contributed by atoms with van der Waals surface area (Å²) in [5.74, 6) is 0.326. The zero-order valence-electron chi connectivity index (χ0n) is 13.4. The number of aromatic nitrogens is 4. The van der Waals surface area contributed by atoms with E-state index < -0.39 is 11.2 Å².